The van der Waals surface area contributed by atoms with Crippen LogP contribution in [0, 0.1) is 11.8 Å². The molecule has 0 heterocycles. The normalized spacial score (nSPS) is 10.8. The zero-order chi connectivity index (χ0) is 14.7. The molecule has 0 aliphatic heterocycles. The summed E-state index contributed by atoms with van der Waals surface area (Å²) in [6.45, 7) is 9.27. The van der Waals surface area contributed by atoms with E-state index in [0.717, 1.165) is 12.8 Å². The van der Waals surface area contributed by atoms with E-state index in [1.54, 1.807) is 0 Å². The van der Waals surface area contributed by atoms with Gasteiger partial charge in [0.05, 0.1) is 13.2 Å². The molecule has 0 atom stereocenters. The van der Waals surface area contributed by atoms with Crippen molar-refractivity contribution in [3.8, 4) is 0 Å². The van der Waals surface area contributed by atoms with Gasteiger partial charge in [-0.15, -0.1) is 0 Å². The smallest absolute Gasteiger partial charge is 0.305 e. The van der Waals surface area contributed by atoms with Crippen molar-refractivity contribution in [2.45, 2.75) is 59.8 Å². The summed E-state index contributed by atoms with van der Waals surface area (Å²) in [5, 5.41) is 0. The van der Waals surface area contributed by atoms with Crippen molar-refractivity contribution in [2.24, 2.45) is 11.8 Å². The lowest BCUT2D eigenvalue weighted by atomic mass is 10.1. The predicted octanol–water partition coefficient (Wildman–Crippen LogP) is 3.34. The van der Waals surface area contributed by atoms with Crippen molar-refractivity contribution >= 4 is 11.9 Å². The highest BCUT2D eigenvalue weighted by Crippen LogP contribution is 2.04. The van der Waals surface area contributed by atoms with Gasteiger partial charge in [0.25, 0.3) is 0 Å². The fraction of sp³-hybridized carbons (Fsp3) is 0.867. The molecular formula is C15H28O4. The number of hydrogen-bond donors (Lipinski definition) is 0. The van der Waals surface area contributed by atoms with Crippen LogP contribution in [0.2, 0.25) is 0 Å². The summed E-state index contributed by atoms with van der Waals surface area (Å²) < 4.78 is 10.1. The summed E-state index contributed by atoms with van der Waals surface area (Å²) >= 11 is 0. The molecule has 0 amide bonds. The van der Waals surface area contributed by atoms with Crippen molar-refractivity contribution in [3.05, 3.63) is 0 Å². The van der Waals surface area contributed by atoms with E-state index in [1.165, 1.54) is 0 Å². The van der Waals surface area contributed by atoms with Gasteiger partial charge in [-0.2, -0.15) is 0 Å². The van der Waals surface area contributed by atoms with Gasteiger partial charge in [0.1, 0.15) is 0 Å². The van der Waals surface area contributed by atoms with E-state index in [9.17, 15) is 9.59 Å². The fourth-order valence-corrected chi connectivity index (χ4v) is 1.34. The van der Waals surface area contributed by atoms with Crippen LogP contribution in [0.25, 0.3) is 0 Å². The molecule has 0 spiro atoms. The maximum absolute atomic E-state index is 11.3. The first-order valence-corrected chi connectivity index (χ1v) is 7.23. The lowest BCUT2D eigenvalue weighted by Gasteiger charge is -2.07. The molecule has 0 N–H and O–H groups in total. The molecule has 4 heteroatoms. The topological polar surface area (TPSA) is 52.6 Å². The molecule has 112 valence electrons. The number of hydrogen-bond acceptors (Lipinski definition) is 4. The van der Waals surface area contributed by atoms with Gasteiger partial charge in [0, 0.05) is 12.8 Å². The molecule has 0 fully saturated rings. The number of carbonyl (C=O) groups excluding carboxylic acids is 2. The maximum atomic E-state index is 11.3. The molecule has 0 aromatic heterocycles. The Morgan fingerprint density at radius 2 is 1.16 bits per heavy atom. The van der Waals surface area contributed by atoms with Gasteiger partial charge >= 0.3 is 11.9 Å². The molecule has 0 unspecified atom stereocenters. The molecular weight excluding hydrogens is 244 g/mol. The molecule has 0 aromatic carbocycles. The third-order valence-electron chi connectivity index (χ3n) is 2.68. The molecule has 4 nitrogen and oxygen atoms in total. The second-order valence-electron chi connectivity index (χ2n) is 5.66. The second kappa shape index (κ2) is 10.8. The van der Waals surface area contributed by atoms with Crippen molar-refractivity contribution in [1.82, 2.24) is 0 Å². The molecule has 0 radical (unpaired) electrons. The average molecular weight is 272 g/mol. The first-order chi connectivity index (χ1) is 8.91. The van der Waals surface area contributed by atoms with Crippen molar-refractivity contribution in [1.29, 1.82) is 0 Å². The van der Waals surface area contributed by atoms with Gasteiger partial charge in [-0.05, 0) is 31.1 Å². The largest absolute Gasteiger partial charge is 0.466 e. The van der Waals surface area contributed by atoms with Crippen LogP contribution >= 0.6 is 0 Å². The quantitative estimate of drug-likeness (QED) is 0.572. The van der Waals surface area contributed by atoms with Gasteiger partial charge in [-0.25, -0.2) is 0 Å². The molecule has 0 aromatic rings. The van der Waals surface area contributed by atoms with Crippen LogP contribution in [0.1, 0.15) is 59.8 Å². The zero-order valence-corrected chi connectivity index (χ0v) is 12.7. The molecule has 0 saturated carbocycles. The summed E-state index contributed by atoms with van der Waals surface area (Å²) in [6.07, 6.45) is 2.84. The minimum Gasteiger partial charge on any atom is -0.466 e. The fourth-order valence-electron chi connectivity index (χ4n) is 1.34. The van der Waals surface area contributed by atoms with E-state index in [0.29, 0.717) is 31.5 Å². The standard InChI is InChI=1S/C15H28O4/c1-12(2)8-10-18-14(16)6-5-7-15(17)19-11-9-13(3)4/h12-13H,5-11H2,1-4H3. The van der Waals surface area contributed by atoms with Crippen molar-refractivity contribution < 1.29 is 19.1 Å². The van der Waals surface area contributed by atoms with Crippen LogP contribution in [0.3, 0.4) is 0 Å². The van der Waals surface area contributed by atoms with Crippen LogP contribution in [0.5, 0.6) is 0 Å². The molecule has 0 rings (SSSR count). The Hall–Kier alpha value is -1.06. The van der Waals surface area contributed by atoms with Crippen LogP contribution < -0.4 is 0 Å². The van der Waals surface area contributed by atoms with Gasteiger partial charge in [0.15, 0.2) is 0 Å². The van der Waals surface area contributed by atoms with E-state index in [2.05, 4.69) is 27.7 Å². The number of rotatable bonds is 10. The number of ether oxygens (including phenoxy) is 2. The Morgan fingerprint density at radius 1 is 0.789 bits per heavy atom. The molecule has 19 heavy (non-hydrogen) atoms. The summed E-state index contributed by atoms with van der Waals surface area (Å²) in [5.74, 6) is 0.610. The summed E-state index contributed by atoms with van der Waals surface area (Å²) in [6, 6.07) is 0. The van der Waals surface area contributed by atoms with Gasteiger partial charge in [0.2, 0.25) is 0 Å². The zero-order valence-electron chi connectivity index (χ0n) is 12.7. The third kappa shape index (κ3) is 13.2. The van der Waals surface area contributed by atoms with E-state index >= 15 is 0 Å². The number of esters is 2. The van der Waals surface area contributed by atoms with Crippen molar-refractivity contribution in [3.63, 3.8) is 0 Å². The second-order valence-corrected chi connectivity index (χ2v) is 5.66. The summed E-state index contributed by atoms with van der Waals surface area (Å²) in [4.78, 5) is 22.7. The Balaban J connectivity index is 3.45. The first-order valence-electron chi connectivity index (χ1n) is 7.23. The SMILES string of the molecule is CC(C)CCOC(=O)CCCC(=O)OCCC(C)C. The predicted molar refractivity (Wildman–Crippen MR) is 74.7 cm³/mol. The Kier molecular flexibility index (Phi) is 10.2. The van der Waals surface area contributed by atoms with Crippen LogP contribution in [-0.2, 0) is 19.1 Å². The van der Waals surface area contributed by atoms with E-state index in [1.807, 2.05) is 0 Å². The molecule has 0 saturated heterocycles. The third-order valence-corrected chi connectivity index (χ3v) is 2.68. The monoisotopic (exact) mass is 272 g/mol. The molecule has 0 aliphatic rings. The Morgan fingerprint density at radius 3 is 1.47 bits per heavy atom. The minimum atomic E-state index is -0.226. The summed E-state index contributed by atoms with van der Waals surface area (Å²) in [7, 11) is 0. The van der Waals surface area contributed by atoms with Crippen LogP contribution in [-0.4, -0.2) is 25.2 Å². The van der Waals surface area contributed by atoms with Gasteiger partial charge < -0.3 is 9.47 Å². The van der Waals surface area contributed by atoms with E-state index < -0.39 is 0 Å². The highest BCUT2D eigenvalue weighted by molar-refractivity contribution is 5.72. The lowest BCUT2D eigenvalue weighted by Crippen LogP contribution is -2.10. The van der Waals surface area contributed by atoms with E-state index in [4.69, 9.17) is 9.47 Å². The average Bonchev–Trinajstić information content (AvgIpc) is 2.27. The van der Waals surface area contributed by atoms with Crippen LogP contribution in [0.4, 0.5) is 0 Å². The maximum Gasteiger partial charge on any atom is 0.305 e. The van der Waals surface area contributed by atoms with Crippen molar-refractivity contribution in [2.75, 3.05) is 13.2 Å². The Bertz CT molecular complexity index is 233. The summed E-state index contributed by atoms with van der Waals surface area (Å²) in [5.41, 5.74) is 0. The highest BCUT2D eigenvalue weighted by Gasteiger charge is 2.08. The molecule has 0 aliphatic carbocycles. The first kappa shape index (κ1) is 17.9. The van der Waals surface area contributed by atoms with Crippen LogP contribution in [0.15, 0.2) is 0 Å². The number of carbonyl (C=O) groups is 2. The Labute approximate surface area is 116 Å². The van der Waals surface area contributed by atoms with Gasteiger partial charge in [-0.3, -0.25) is 9.59 Å². The molecule has 0 bridgehead atoms. The lowest BCUT2D eigenvalue weighted by molar-refractivity contribution is -0.145. The highest BCUT2D eigenvalue weighted by atomic mass is 16.5. The minimum absolute atomic E-state index is 0.226. The van der Waals surface area contributed by atoms with Gasteiger partial charge in [-0.1, -0.05) is 27.7 Å². The van der Waals surface area contributed by atoms with E-state index in [-0.39, 0.29) is 24.8 Å².